The van der Waals surface area contributed by atoms with E-state index in [1.807, 2.05) is 31.2 Å². The molecule has 0 aliphatic rings. The maximum absolute atomic E-state index is 12.7. The van der Waals surface area contributed by atoms with Gasteiger partial charge in [0.25, 0.3) is 0 Å². The third kappa shape index (κ3) is 2.84. The number of hydrogen-bond donors (Lipinski definition) is 1. The SMILES string of the molecule is CCCn1c(=O)n(CC(O)c2ccc(C#N)cc2)c2ccccc21. The van der Waals surface area contributed by atoms with Crippen molar-refractivity contribution in [2.45, 2.75) is 32.5 Å². The van der Waals surface area contributed by atoms with Gasteiger partial charge >= 0.3 is 5.69 Å². The lowest BCUT2D eigenvalue weighted by Crippen LogP contribution is -2.26. The van der Waals surface area contributed by atoms with E-state index in [0.29, 0.717) is 17.7 Å². The molecule has 0 amide bonds. The van der Waals surface area contributed by atoms with Crippen LogP contribution in [0.25, 0.3) is 11.0 Å². The van der Waals surface area contributed by atoms with Gasteiger partial charge in [0.15, 0.2) is 0 Å². The van der Waals surface area contributed by atoms with E-state index in [4.69, 9.17) is 5.26 Å². The van der Waals surface area contributed by atoms with Crippen molar-refractivity contribution >= 4 is 11.0 Å². The van der Waals surface area contributed by atoms with Crippen LogP contribution in [-0.2, 0) is 13.1 Å². The van der Waals surface area contributed by atoms with E-state index in [0.717, 1.165) is 17.5 Å². The lowest BCUT2D eigenvalue weighted by Gasteiger charge is -2.12. The summed E-state index contributed by atoms with van der Waals surface area (Å²) in [5.41, 5.74) is 2.83. The highest BCUT2D eigenvalue weighted by atomic mass is 16.3. The van der Waals surface area contributed by atoms with Crippen LogP contribution in [0.15, 0.2) is 53.3 Å². The molecule has 1 N–H and O–H groups in total. The van der Waals surface area contributed by atoms with Crippen molar-refractivity contribution in [3.63, 3.8) is 0 Å². The van der Waals surface area contributed by atoms with Gasteiger partial charge < -0.3 is 5.11 Å². The monoisotopic (exact) mass is 321 g/mol. The molecule has 0 saturated carbocycles. The molecule has 3 aromatic rings. The molecule has 1 heterocycles. The molecule has 0 fully saturated rings. The second-order valence-corrected chi connectivity index (χ2v) is 5.78. The van der Waals surface area contributed by atoms with E-state index in [9.17, 15) is 9.90 Å². The highest BCUT2D eigenvalue weighted by molar-refractivity contribution is 5.76. The predicted octanol–water partition coefficient (Wildman–Crippen LogP) is 2.82. The number of imidazole rings is 1. The topological polar surface area (TPSA) is 70.9 Å². The first kappa shape index (κ1) is 16.0. The van der Waals surface area contributed by atoms with Crippen LogP contribution >= 0.6 is 0 Å². The largest absolute Gasteiger partial charge is 0.387 e. The van der Waals surface area contributed by atoms with Gasteiger partial charge in [-0.15, -0.1) is 0 Å². The van der Waals surface area contributed by atoms with E-state index in [2.05, 4.69) is 6.07 Å². The van der Waals surface area contributed by atoms with Crippen molar-refractivity contribution < 1.29 is 5.11 Å². The summed E-state index contributed by atoms with van der Waals surface area (Å²) < 4.78 is 3.37. The minimum atomic E-state index is -0.809. The van der Waals surface area contributed by atoms with Crippen LogP contribution in [0.2, 0.25) is 0 Å². The smallest absolute Gasteiger partial charge is 0.329 e. The van der Waals surface area contributed by atoms with Gasteiger partial charge in [-0.05, 0) is 36.2 Å². The standard InChI is InChI=1S/C19H19N3O2/c1-2-11-21-16-5-3-4-6-17(16)22(19(21)24)13-18(23)15-9-7-14(12-20)8-10-15/h3-10,18,23H,2,11,13H2,1H3. The third-order valence-corrected chi connectivity index (χ3v) is 4.15. The number of rotatable bonds is 5. The molecule has 0 aliphatic carbocycles. The molecule has 1 atom stereocenters. The van der Waals surface area contributed by atoms with Crippen molar-refractivity contribution in [3.8, 4) is 6.07 Å². The molecular weight excluding hydrogens is 302 g/mol. The Morgan fingerprint density at radius 1 is 1.08 bits per heavy atom. The molecule has 0 radical (unpaired) electrons. The lowest BCUT2D eigenvalue weighted by atomic mass is 10.1. The Balaban J connectivity index is 1.98. The average Bonchev–Trinajstić information content (AvgIpc) is 2.88. The first-order chi connectivity index (χ1) is 11.7. The van der Waals surface area contributed by atoms with Crippen molar-refractivity contribution in [2.24, 2.45) is 0 Å². The van der Waals surface area contributed by atoms with Gasteiger partial charge in [0.05, 0.1) is 35.3 Å². The zero-order valence-corrected chi connectivity index (χ0v) is 13.5. The summed E-state index contributed by atoms with van der Waals surface area (Å²) >= 11 is 0. The molecule has 0 aliphatic heterocycles. The molecule has 0 bridgehead atoms. The van der Waals surface area contributed by atoms with E-state index in [-0.39, 0.29) is 12.2 Å². The minimum Gasteiger partial charge on any atom is -0.387 e. The molecule has 0 saturated heterocycles. The third-order valence-electron chi connectivity index (χ3n) is 4.15. The summed E-state index contributed by atoms with van der Waals surface area (Å²) in [6, 6.07) is 16.5. The maximum atomic E-state index is 12.7. The Bertz CT molecular complexity index is 945. The van der Waals surface area contributed by atoms with Gasteiger partial charge in [0.2, 0.25) is 0 Å². The van der Waals surface area contributed by atoms with Gasteiger partial charge in [-0.2, -0.15) is 5.26 Å². The number of hydrogen-bond acceptors (Lipinski definition) is 3. The summed E-state index contributed by atoms with van der Waals surface area (Å²) in [6.07, 6.45) is 0.0582. The first-order valence-electron chi connectivity index (χ1n) is 8.02. The number of benzene rings is 2. The fourth-order valence-electron chi connectivity index (χ4n) is 2.95. The molecular formula is C19H19N3O2. The quantitative estimate of drug-likeness (QED) is 0.785. The van der Waals surface area contributed by atoms with Crippen LogP contribution in [0, 0.1) is 11.3 Å². The van der Waals surface area contributed by atoms with Crippen molar-refractivity contribution in [1.82, 2.24) is 9.13 Å². The van der Waals surface area contributed by atoms with Gasteiger partial charge in [-0.3, -0.25) is 9.13 Å². The van der Waals surface area contributed by atoms with Crippen LogP contribution in [0.1, 0.15) is 30.6 Å². The number of nitriles is 1. The highest BCUT2D eigenvalue weighted by Gasteiger charge is 2.16. The Labute approximate surface area is 140 Å². The molecule has 2 aromatic carbocycles. The van der Waals surface area contributed by atoms with Crippen LogP contribution in [0.5, 0.6) is 0 Å². The second-order valence-electron chi connectivity index (χ2n) is 5.78. The normalized spacial score (nSPS) is 12.2. The Morgan fingerprint density at radius 3 is 2.29 bits per heavy atom. The molecule has 24 heavy (non-hydrogen) atoms. The number of aromatic nitrogens is 2. The molecule has 5 nitrogen and oxygen atoms in total. The summed E-state index contributed by atoms with van der Waals surface area (Å²) in [7, 11) is 0. The van der Waals surface area contributed by atoms with Crippen LogP contribution < -0.4 is 5.69 Å². The molecule has 1 unspecified atom stereocenters. The van der Waals surface area contributed by atoms with Crippen molar-refractivity contribution in [3.05, 3.63) is 70.1 Å². The molecule has 5 heteroatoms. The fraction of sp³-hybridized carbons (Fsp3) is 0.263. The molecule has 0 spiro atoms. The number of para-hydroxylation sites is 2. The number of aryl methyl sites for hydroxylation is 1. The number of aliphatic hydroxyl groups is 1. The lowest BCUT2D eigenvalue weighted by molar-refractivity contribution is 0.156. The first-order valence-corrected chi connectivity index (χ1v) is 8.02. The predicted molar refractivity (Wildman–Crippen MR) is 92.6 cm³/mol. The highest BCUT2D eigenvalue weighted by Crippen LogP contribution is 2.19. The van der Waals surface area contributed by atoms with Crippen LogP contribution in [0.4, 0.5) is 0 Å². The van der Waals surface area contributed by atoms with Gasteiger partial charge in [-0.1, -0.05) is 31.2 Å². The van der Waals surface area contributed by atoms with Gasteiger partial charge in [-0.25, -0.2) is 4.79 Å². The number of nitrogens with zero attached hydrogens (tertiary/aromatic N) is 3. The van der Waals surface area contributed by atoms with E-state index >= 15 is 0 Å². The second kappa shape index (κ2) is 6.73. The van der Waals surface area contributed by atoms with Gasteiger partial charge in [0.1, 0.15) is 0 Å². The van der Waals surface area contributed by atoms with E-state index in [1.165, 1.54) is 0 Å². The summed E-state index contributed by atoms with van der Waals surface area (Å²) in [6.45, 7) is 2.87. The minimum absolute atomic E-state index is 0.106. The average molecular weight is 321 g/mol. The molecule has 122 valence electrons. The van der Waals surface area contributed by atoms with Crippen LogP contribution in [0.3, 0.4) is 0 Å². The molecule has 1 aromatic heterocycles. The Kier molecular flexibility index (Phi) is 4.50. The van der Waals surface area contributed by atoms with Crippen molar-refractivity contribution in [1.29, 1.82) is 5.26 Å². The summed E-state index contributed by atoms with van der Waals surface area (Å²) in [4.78, 5) is 12.7. The summed E-state index contributed by atoms with van der Waals surface area (Å²) in [5, 5.41) is 19.4. The molecule has 3 rings (SSSR count). The summed E-state index contributed by atoms with van der Waals surface area (Å²) in [5.74, 6) is 0. The van der Waals surface area contributed by atoms with Gasteiger partial charge in [0, 0.05) is 6.54 Å². The number of fused-ring (bicyclic) bond motifs is 1. The fourth-order valence-corrected chi connectivity index (χ4v) is 2.95. The van der Waals surface area contributed by atoms with Crippen molar-refractivity contribution in [2.75, 3.05) is 0 Å². The Hall–Kier alpha value is -2.84. The zero-order chi connectivity index (χ0) is 17.1. The zero-order valence-electron chi connectivity index (χ0n) is 13.5. The number of aliphatic hydroxyl groups excluding tert-OH is 1. The van der Waals surface area contributed by atoms with E-state index < -0.39 is 6.10 Å². The van der Waals surface area contributed by atoms with E-state index in [1.54, 1.807) is 33.4 Å². The van der Waals surface area contributed by atoms with Crippen LogP contribution in [-0.4, -0.2) is 14.2 Å². The Morgan fingerprint density at radius 2 is 1.71 bits per heavy atom. The maximum Gasteiger partial charge on any atom is 0.329 e.